The summed E-state index contributed by atoms with van der Waals surface area (Å²) in [5.74, 6) is 0. The van der Waals surface area contributed by atoms with Gasteiger partial charge in [0, 0.05) is 11.2 Å². The van der Waals surface area contributed by atoms with Gasteiger partial charge in [-0.05, 0) is 45.4 Å². The Balaban J connectivity index is 2.92. The van der Waals surface area contributed by atoms with E-state index in [2.05, 4.69) is 10.6 Å². The summed E-state index contributed by atoms with van der Waals surface area (Å²) in [5.41, 5.74) is -0.530. The molecule has 0 atom stereocenters. The summed E-state index contributed by atoms with van der Waals surface area (Å²) in [6, 6.07) is 2.71. The number of urea groups is 1. The molecule has 0 aliphatic heterocycles. The smallest absolute Gasteiger partial charge is 0.333 e. The summed E-state index contributed by atoms with van der Waals surface area (Å²) in [6.07, 6.45) is -4.43. The van der Waals surface area contributed by atoms with Gasteiger partial charge in [0.1, 0.15) is 0 Å². The zero-order valence-electron chi connectivity index (χ0n) is 11.3. The standard InChI is InChI=1S/C13H17F3N2O/c1-8-5-6-9(13(14,15)16)7-10(8)17-11(19)18-12(2,3)4/h5-7H,1-4H3,(H2,17,18,19). The third-order valence-corrected chi connectivity index (χ3v) is 2.30. The van der Waals surface area contributed by atoms with Crippen LogP contribution in [0.1, 0.15) is 31.9 Å². The van der Waals surface area contributed by atoms with Crippen LogP contribution in [0.5, 0.6) is 0 Å². The van der Waals surface area contributed by atoms with Crippen molar-refractivity contribution < 1.29 is 18.0 Å². The van der Waals surface area contributed by atoms with Gasteiger partial charge in [-0.15, -0.1) is 0 Å². The van der Waals surface area contributed by atoms with Crippen molar-refractivity contribution in [3.63, 3.8) is 0 Å². The Morgan fingerprint density at radius 2 is 1.74 bits per heavy atom. The van der Waals surface area contributed by atoms with E-state index in [9.17, 15) is 18.0 Å². The van der Waals surface area contributed by atoms with E-state index in [1.807, 2.05) is 0 Å². The van der Waals surface area contributed by atoms with Crippen LogP contribution in [0.3, 0.4) is 0 Å². The molecular weight excluding hydrogens is 257 g/mol. The quantitative estimate of drug-likeness (QED) is 0.800. The van der Waals surface area contributed by atoms with Crippen molar-refractivity contribution in [2.24, 2.45) is 0 Å². The van der Waals surface area contributed by atoms with Crippen LogP contribution in [0.2, 0.25) is 0 Å². The predicted octanol–water partition coefficient (Wildman–Crippen LogP) is 3.93. The van der Waals surface area contributed by atoms with Gasteiger partial charge < -0.3 is 10.6 Å². The highest BCUT2D eigenvalue weighted by atomic mass is 19.4. The number of aryl methyl sites for hydroxylation is 1. The molecule has 0 heterocycles. The summed E-state index contributed by atoms with van der Waals surface area (Å²) in [4.78, 5) is 11.6. The summed E-state index contributed by atoms with van der Waals surface area (Å²) in [5, 5.41) is 5.05. The first-order chi connectivity index (χ1) is 8.49. The van der Waals surface area contributed by atoms with Gasteiger partial charge in [0.2, 0.25) is 0 Å². The summed E-state index contributed by atoms with van der Waals surface area (Å²) < 4.78 is 37.7. The fourth-order valence-corrected chi connectivity index (χ4v) is 1.43. The normalized spacial score (nSPS) is 12.2. The molecule has 1 aromatic rings. The molecule has 6 heteroatoms. The Morgan fingerprint density at radius 1 is 1.16 bits per heavy atom. The lowest BCUT2D eigenvalue weighted by Gasteiger charge is -2.21. The minimum atomic E-state index is -4.43. The van der Waals surface area contributed by atoms with E-state index < -0.39 is 23.3 Å². The zero-order chi connectivity index (χ0) is 14.8. The van der Waals surface area contributed by atoms with Gasteiger partial charge in [0.15, 0.2) is 0 Å². The van der Waals surface area contributed by atoms with Crippen molar-refractivity contribution in [1.29, 1.82) is 0 Å². The molecule has 19 heavy (non-hydrogen) atoms. The number of anilines is 1. The molecule has 0 aliphatic rings. The molecule has 106 valence electrons. The van der Waals surface area contributed by atoms with Crippen molar-refractivity contribution in [3.8, 4) is 0 Å². The molecule has 0 aromatic heterocycles. The molecule has 0 spiro atoms. The van der Waals surface area contributed by atoms with Gasteiger partial charge in [-0.25, -0.2) is 4.79 Å². The highest BCUT2D eigenvalue weighted by Crippen LogP contribution is 2.32. The molecule has 0 saturated carbocycles. The van der Waals surface area contributed by atoms with E-state index in [1.54, 1.807) is 27.7 Å². The van der Waals surface area contributed by atoms with Gasteiger partial charge in [-0.2, -0.15) is 13.2 Å². The number of rotatable bonds is 1. The second kappa shape index (κ2) is 5.11. The molecule has 0 fully saturated rings. The highest BCUT2D eigenvalue weighted by Gasteiger charge is 2.31. The van der Waals surface area contributed by atoms with E-state index in [4.69, 9.17) is 0 Å². The number of hydrogen-bond acceptors (Lipinski definition) is 1. The number of carbonyl (C=O) groups is 1. The van der Waals surface area contributed by atoms with Gasteiger partial charge >= 0.3 is 12.2 Å². The minimum absolute atomic E-state index is 0.150. The van der Waals surface area contributed by atoms with Crippen LogP contribution in [-0.2, 0) is 6.18 Å². The number of amides is 2. The Kier molecular flexibility index (Phi) is 4.12. The number of benzene rings is 1. The molecule has 1 rings (SSSR count). The van der Waals surface area contributed by atoms with Crippen molar-refractivity contribution >= 4 is 11.7 Å². The molecule has 0 aliphatic carbocycles. The maximum absolute atomic E-state index is 12.6. The average Bonchev–Trinajstić information content (AvgIpc) is 2.16. The van der Waals surface area contributed by atoms with E-state index in [1.165, 1.54) is 6.07 Å². The first-order valence-electron chi connectivity index (χ1n) is 5.76. The Bertz CT molecular complexity index is 476. The molecule has 2 amide bonds. The molecule has 3 nitrogen and oxygen atoms in total. The number of carbonyl (C=O) groups excluding carboxylic acids is 1. The number of nitrogens with one attached hydrogen (secondary N) is 2. The fourth-order valence-electron chi connectivity index (χ4n) is 1.43. The SMILES string of the molecule is Cc1ccc(C(F)(F)F)cc1NC(=O)NC(C)(C)C. The van der Waals surface area contributed by atoms with Crippen molar-refractivity contribution in [2.75, 3.05) is 5.32 Å². The van der Waals surface area contributed by atoms with Gasteiger partial charge in [0.25, 0.3) is 0 Å². The molecule has 0 saturated heterocycles. The molecule has 0 bridgehead atoms. The molecular formula is C13H17F3N2O. The number of alkyl halides is 3. The van der Waals surface area contributed by atoms with Crippen molar-refractivity contribution in [3.05, 3.63) is 29.3 Å². The monoisotopic (exact) mass is 274 g/mol. The van der Waals surface area contributed by atoms with Gasteiger partial charge in [-0.1, -0.05) is 6.07 Å². The molecule has 1 aromatic carbocycles. The first kappa shape index (κ1) is 15.3. The van der Waals surface area contributed by atoms with E-state index in [0.717, 1.165) is 12.1 Å². The predicted molar refractivity (Wildman–Crippen MR) is 68.1 cm³/mol. The molecule has 2 N–H and O–H groups in total. The van der Waals surface area contributed by atoms with Crippen molar-refractivity contribution in [2.45, 2.75) is 39.4 Å². The van der Waals surface area contributed by atoms with E-state index >= 15 is 0 Å². The Hall–Kier alpha value is -1.72. The number of halogens is 3. The third kappa shape index (κ3) is 4.81. The lowest BCUT2D eigenvalue weighted by Crippen LogP contribution is -2.43. The van der Waals surface area contributed by atoms with Gasteiger partial charge in [0.05, 0.1) is 5.56 Å². The van der Waals surface area contributed by atoms with Crippen LogP contribution >= 0.6 is 0 Å². The highest BCUT2D eigenvalue weighted by molar-refractivity contribution is 5.90. The van der Waals surface area contributed by atoms with Crippen LogP contribution in [0.15, 0.2) is 18.2 Å². The number of hydrogen-bond donors (Lipinski definition) is 2. The second-order valence-corrected chi connectivity index (χ2v) is 5.36. The van der Waals surface area contributed by atoms with Crippen LogP contribution < -0.4 is 10.6 Å². The van der Waals surface area contributed by atoms with E-state index in [0.29, 0.717) is 5.56 Å². The zero-order valence-corrected chi connectivity index (χ0v) is 11.3. The molecule has 0 unspecified atom stereocenters. The van der Waals surface area contributed by atoms with Crippen LogP contribution in [0, 0.1) is 6.92 Å². The maximum atomic E-state index is 12.6. The van der Waals surface area contributed by atoms with Crippen LogP contribution in [0.4, 0.5) is 23.7 Å². The van der Waals surface area contributed by atoms with Gasteiger partial charge in [-0.3, -0.25) is 0 Å². The maximum Gasteiger partial charge on any atom is 0.416 e. The fraction of sp³-hybridized carbons (Fsp3) is 0.462. The van der Waals surface area contributed by atoms with E-state index in [-0.39, 0.29) is 5.69 Å². The third-order valence-electron chi connectivity index (χ3n) is 2.30. The average molecular weight is 274 g/mol. The van der Waals surface area contributed by atoms with Crippen LogP contribution in [0.25, 0.3) is 0 Å². The summed E-state index contributed by atoms with van der Waals surface area (Å²) in [7, 11) is 0. The summed E-state index contributed by atoms with van der Waals surface area (Å²) in [6.45, 7) is 6.98. The topological polar surface area (TPSA) is 41.1 Å². The minimum Gasteiger partial charge on any atom is -0.333 e. The lowest BCUT2D eigenvalue weighted by molar-refractivity contribution is -0.137. The first-order valence-corrected chi connectivity index (χ1v) is 5.76. The molecule has 0 radical (unpaired) electrons. The Labute approximate surface area is 110 Å². The second-order valence-electron chi connectivity index (χ2n) is 5.36. The largest absolute Gasteiger partial charge is 0.416 e. The van der Waals surface area contributed by atoms with Crippen molar-refractivity contribution in [1.82, 2.24) is 5.32 Å². The Morgan fingerprint density at radius 3 is 2.21 bits per heavy atom. The lowest BCUT2D eigenvalue weighted by atomic mass is 10.1. The van der Waals surface area contributed by atoms with Crippen LogP contribution in [-0.4, -0.2) is 11.6 Å². The summed E-state index contributed by atoms with van der Waals surface area (Å²) >= 11 is 0.